The van der Waals surface area contributed by atoms with Gasteiger partial charge in [-0.15, -0.1) is 12.3 Å². The van der Waals surface area contributed by atoms with Crippen molar-refractivity contribution in [2.24, 2.45) is 5.41 Å². The second-order valence-corrected chi connectivity index (χ2v) is 4.97. The minimum absolute atomic E-state index is 0.337. The van der Waals surface area contributed by atoms with E-state index in [-0.39, 0.29) is 0 Å². The van der Waals surface area contributed by atoms with E-state index in [1.54, 1.807) is 0 Å². The largest absolute Gasteiger partial charge is 0.313 e. The molecule has 14 heavy (non-hydrogen) atoms. The topological polar surface area (TPSA) is 12.0 Å². The number of rotatable bonds is 6. The highest BCUT2D eigenvalue weighted by molar-refractivity contribution is 4.86. The first-order valence-electron chi connectivity index (χ1n) is 5.69. The van der Waals surface area contributed by atoms with Gasteiger partial charge in [-0.2, -0.15) is 0 Å². The van der Waals surface area contributed by atoms with Crippen LogP contribution in [0.3, 0.4) is 0 Å². The van der Waals surface area contributed by atoms with E-state index in [0.717, 1.165) is 19.4 Å². The van der Waals surface area contributed by atoms with E-state index in [1.807, 2.05) is 0 Å². The summed E-state index contributed by atoms with van der Waals surface area (Å²) in [5.74, 6) is 2.70. The molecule has 0 bridgehead atoms. The fourth-order valence-corrected chi connectivity index (χ4v) is 1.57. The Bertz CT molecular complexity index is 171. The summed E-state index contributed by atoms with van der Waals surface area (Å²) < 4.78 is 0. The summed E-state index contributed by atoms with van der Waals surface area (Å²) in [6.07, 6.45) is 9.68. The Morgan fingerprint density at radius 3 is 2.43 bits per heavy atom. The third-order valence-corrected chi connectivity index (χ3v) is 2.50. The summed E-state index contributed by atoms with van der Waals surface area (Å²) in [4.78, 5) is 0. The van der Waals surface area contributed by atoms with Crippen LogP contribution in [0, 0.1) is 17.8 Å². The lowest BCUT2D eigenvalue weighted by molar-refractivity contribution is 0.252. The number of unbranched alkanes of at least 4 members (excludes halogenated alkanes) is 1. The van der Waals surface area contributed by atoms with Gasteiger partial charge in [0.15, 0.2) is 0 Å². The molecule has 0 aliphatic carbocycles. The summed E-state index contributed by atoms with van der Waals surface area (Å²) in [5, 5.41) is 3.60. The normalized spacial score (nSPS) is 13.6. The van der Waals surface area contributed by atoms with Crippen LogP contribution in [0.15, 0.2) is 0 Å². The zero-order valence-electron chi connectivity index (χ0n) is 10.2. The fourth-order valence-electron chi connectivity index (χ4n) is 1.57. The molecular weight excluding hydrogens is 170 g/mol. The van der Waals surface area contributed by atoms with Gasteiger partial charge in [0.25, 0.3) is 0 Å². The fraction of sp³-hybridized carbons (Fsp3) is 0.846. The molecule has 0 aromatic carbocycles. The molecule has 0 aliphatic heterocycles. The van der Waals surface area contributed by atoms with Crippen LogP contribution >= 0.6 is 0 Å². The zero-order valence-corrected chi connectivity index (χ0v) is 10.2. The monoisotopic (exact) mass is 195 g/mol. The first-order valence-corrected chi connectivity index (χ1v) is 5.69. The van der Waals surface area contributed by atoms with Crippen LogP contribution < -0.4 is 5.32 Å². The molecule has 1 unspecified atom stereocenters. The minimum atomic E-state index is 0.337. The molecule has 0 fully saturated rings. The van der Waals surface area contributed by atoms with E-state index in [1.165, 1.54) is 12.8 Å². The van der Waals surface area contributed by atoms with E-state index in [4.69, 9.17) is 6.42 Å². The summed E-state index contributed by atoms with van der Waals surface area (Å²) in [6.45, 7) is 10.2. The maximum Gasteiger partial charge on any atom is 0.0116 e. The van der Waals surface area contributed by atoms with Crippen LogP contribution in [-0.2, 0) is 0 Å². The Hall–Kier alpha value is -0.480. The highest BCUT2D eigenvalue weighted by Crippen LogP contribution is 2.23. The summed E-state index contributed by atoms with van der Waals surface area (Å²) >= 11 is 0. The van der Waals surface area contributed by atoms with Gasteiger partial charge in [-0.1, -0.05) is 27.7 Å². The Morgan fingerprint density at radius 2 is 2.00 bits per heavy atom. The van der Waals surface area contributed by atoms with Crippen molar-refractivity contribution in [1.82, 2.24) is 5.32 Å². The molecule has 0 rings (SSSR count). The van der Waals surface area contributed by atoms with E-state index in [2.05, 4.69) is 38.9 Å². The quantitative estimate of drug-likeness (QED) is 0.507. The molecule has 0 heterocycles. The molecule has 0 amide bonds. The smallest absolute Gasteiger partial charge is 0.0116 e. The molecule has 82 valence electrons. The van der Waals surface area contributed by atoms with Crippen LogP contribution in [0.4, 0.5) is 0 Å². The maximum atomic E-state index is 5.25. The molecule has 0 aliphatic rings. The second kappa shape index (κ2) is 6.90. The Kier molecular flexibility index (Phi) is 6.66. The molecule has 0 spiro atoms. The molecule has 1 atom stereocenters. The van der Waals surface area contributed by atoms with Crippen molar-refractivity contribution in [2.45, 2.75) is 59.4 Å². The van der Waals surface area contributed by atoms with Gasteiger partial charge in [0.1, 0.15) is 0 Å². The molecule has 0 saturated heterocycles. The second-order valence-electron chi connectivity index (χ2n) is 4.97. The molecule has 1 heteroatoms. The molecule has 1 N–H and O–H groups in total. The van der Waals surface area contributed by atoms with Crippen LogP contribution in [0.5, 0.6) is 0 Å². The van der Waals surface area contributed by atoms with Gasteiger partial charge < -0.3 is 5.32 Å². The first kappa shape index (κ1) is 13.5. The average Bonchev–Trinajstić information content (AvgIpc) is 2.09. The zero-order chi connectivity index (χ0) is 11.0. The Balaban J connectivity index is 3.93. The van der Waals surface area contributed by atoms with E-state index >= 15 is 0 Å². The van der Waals surface area contributed by atoms with E-state index in [0.29, 0.717) is 11.5 Å². The lowest BCUT2D eigenvalue weighted by Gasteiger charge is -2.31. The minimum Gasteiger partial charge on any atom is -0.313 e. The number of nitrogens with one attached hydrogen (secondary N) is 1. The third-order valence-electron chi connectivity index (χ3n) is 2.50. The molecule has 0 radical (unpaired) electrons. The highest BCUT2D eigenvalue weighted by Gasteiger charge is 2.22. The van der Waals surface area contributed by atoms with Crippen molar-refractivity contribution in [3.63, 3.8) is 0 Å². The number of terminal acetylenes is 1. The maximum absolute atomic E-state index is 5.25. The molecule has 0 aromatic rings. The lowest BCUT2D eigenvalue weighted by atomic mass is 9.83. The van der Waals surface area contributed by atoms with Crippen molar-refractivity contribution >= 4 is 0 Å². The first-order chi connectivity index (χ1) is 6.52. The van der Waals surface area contributed by atoms with Gasteiger partial charge in [-0.25, -0.2) is 0 Å². The van der Waals surface area contributed by atoms with Gasteiger partial charge in [0.05, 0.1) is 0 Å². The summed E-state index contributed by atoms with van der Waals surface area (Å²) in [5.41, 5.74) is 0.337. The van der Waals surface area contributed by atoms with E-state index < -0.39 is 0 Å². The van der Waals surface area contributed by atoms with Gasteiger partial charge in [0.2, 0.25) is 0 Å². The predicted molar refractivity (Wildman–Crippen MR) is 64.2 cm³/mol. The average molecular weight is 195 g/mol. The van der Waals surface area contributed by atoms with Crippen molar-refractivity contribution in [2.75, 3.05) is 6.54 Å². The Labute approximate surface area is 89.7 Å². The van der Waals surface area contributed by atoms with Crippen molar-refractivity contribution in [3.8, 4) is 12.3 Å². The molecule has 0 saturated carbocycles. The SMILES string of the molecule is C#CCCCC(NCCC)C(C)(C)C. The van der Waals surface area contributed by atoms with Gasteiger partial charge in [-0.3, -0.25) is 0 Å². The number of hydrogen-bond donors (Lipinski definition) is 1. The summed E-state index contributed by atoms with van der Waals surface area (Å²) in [7, 11) is 0. The Morgan fingerprint density at radius 1 is 1.36 bits per heavy atom. The summed E-state index contributed by atoms with van der Waals surface area (Å²) in [6, 6.07) is 0.593. The predicted octanol–water partition coefficient (Wildman–Crippen LogP) is 3.20. The van der Waals surface area contributed by atoms with Crippen molar-refractivity contribution in [1.29, 1.82) is 0 Å². The van der Waals surface area contributed by atoms with E-state index in [9.17, 15) is 0 Å². The standard InChI is InChI=1S/C13H25N/c1-6-8-9-10-12(13(3,4)5)14-11-7-2/h1,12,14H,7-11H2,2-5H3. The van der Waals surface area contributed by atoms with Crippen LogP contribution in [0.25, 0.3) is 0 Å². The van der Waals surface area contributed by atoms with Gasteiger partial charge in [0, 0.05) is 12.5 Å². The van der Waals surface area contributed by atoms with Crippen LogP contribution in [0.1, 0.15) is 53.4 Å². The molecule has 1 nitrogen and oxygen atoms in total. The molecule has 0 aromatic heterocycles. The number of hydrogen-bond acceptors (Lipinski definition) is 1. The van der Waals surface area contributed by atoms with Crippen molar-refractivity contribution < 1.29 is 0 Å². The molecular formula is C13H25N. The van der Waals surface area contributed by atoms with Crippen LogP contribution in [0.2, 0.25) is 0 Å². The highest BCUT2D eigenvalue weighted by atomic mass is 14.9. The van der Waals surface area contributed by atoms with Crippen molar-refractivity contribution in [3.05, 3.63) is 0 Å². The van der Waals surface area contributed by atoms with Crippen LogP contribution in [-0.4, -0.2) is 12.6 Å². The lowest BCUT2D eigenvalue weighted by Crippen LogP contribution is -2.40. The van der Waals surface area contributed by atoms with Gasteiger partial charge >= 0.3 is 0 Å². The third kappa shape index (κ3) is 6.05. The van der Waals surface area contributed by atoms with Gasteiger partial charge in [-0.05, 0) is 31.2 Å².